The number of aryl methyl sites for hydroxylation is 1. The van der Waals surface area contributed by atoms with Crippen molar-refractivity contribution in [1.29, 1.82) is 0 Å². The molecule has 25 heavy (non-hydrogen) atoms. The zero-order valence-corrected chi connectivity index (χ0v) is 15.7. The van der Waals surface area contributed by atoms with Gasteiger partial charge < -0.3 is 0 Å². The van der Waals surface area contributed by atoms with Crippen LogP contribution in [0.25, 0.3) is 10.9 Å². The van der Waals surface area contributed by atoms with Gasteiger partial charge in [0.15, 0.2) is 0 Å². The molecular formula is C18H21ClN2O3S. The van der Waals surface area contributed by atoms with Gasteiger partial charge in [0.05, 0.1) is 21.9 Å². The second-order valence-electron chi connectivity index (χ2n) is 6.66. The van der Waals surface area contributed by atoms with Gasteiger partial charge in [0.1, 0.15) is 0 Å². The van der Waals surface area contributed by atoms with Gasteiger partial charge in [0.25, 0.3) is 5.91 Å². The van der Waals surface area contributed by atoms with Crippen molar-refractivity contribution in [2.75, 3.05) is 5.75 Å². The number of carbonyl (C=O) groups excluding carboxylic acids is 1. The van der Waals surface area contributed by atoms with Crippen LogP contribution in [-0.2, 0) is 10.0 Å². The summed E-state index contributed by atoms with van der Waals surface area (Å²) in [6, 6.07) is 6.80. The lowest BCUT2D eigenvalue weighted by atomic mass is 9.91. The van der Waals surface area contributed by atoms with Gasteiger partial charge in [0, 0.05) is 11.1 Å². The Morgan fingerprint density at radius 3 is 2.64 bits per heavy atom. The minimum atomic E-state index is -3.70. The van der Waals surface area contributed by atoms with E-state index in [1.54, 1.807) is 24.3 Å². The van der Waals surface area contributed by atoms with Crippen LogP contribution < -0.4 is 4.72 Å². The number of pyridine rings is 1. The molecule has 0 atom stereocenters. The molecule has 1 amide bonds. The van der Waals surface area contributed by atoms with Crippen molar-refractivity contribution in [1.82, 2.24) is 9.71 Å². The molecule has 0 aliphatic heterocycles. The number of aromatic nitrogens is 1. The van der Waals surface area contributed by atoms with E-state index in [4.69, 9.17) is 11.6 Å². The Bertz CT molecular complexity index is 906. The second-order valence-corrected chi connectivity index (χ2v) is 8.83. The number of hydrogen-bond acceptors (Lipinski definition) is 4. The summed E-state index contributed by atoms with van der Waals surface area (Å²) in [6.45, 7) is 1.85. The minimum absolute atomic E-state index is 0.0154. The van der Waals surface area contributed by atoms with E-state index in [2.05, 4.69) is 9.71 Å². The van der Waals surface area contributed by atoms with Gasteiger partial charge in [-0.1, -0.05) is 36.9 Å². The van der Waals surface area contributed by atoms with Crippen molar-refractivity contribution in [3.05, 3.63) is 40.5 Å². The summed E-state index contributed by atoms with van der Waals surface area (Å²) in [5, 5.41) is 0.756. The fraction of sp³-hybridized carbons (Fsp3) is 0.444. The molecule has 3 rings (SSSR count). The molecule has 1 aromatic heterocycles. The summed E-state index contributed by atoms with van der Waals surface area (Å²) in [5.41, 5.74) is 1.57. The normalized spacial score (nSPS) is 16.1. The first-order valence-electron chi connectivity index (χ1n) is 8.46. The Labute approximate surface area is 152 Å². The maximum atomic E-state index is 12.6. The van der Waals surface area contributed by atoms with Crippen LogP contribution in [0.5, 0.6) is 0 Å². The molecule has 0 saturated heterocycles. The number of hydrogen-bond donors (Lipinski definition) is 1. The predicted octanol–water partition coefficient (Wildman–Crippen LogP) is 3.84. The molecule has 1 saturated carbocycles. The molecule has 1 aromatic carbocycles. The third kappa shape index (κ3) is 4.30. The molecule has 0 bridgehead atoms. The van der Waals surface area contributed by atoms with E-state index in [-0.39, 0.29) is 22.3 Å². The fourth-order valence-electron chi connectivity index (χ4n) is 3.41. The van der Waals surface area contributed by atoms with E-state index in [1.165, 1.54) is 0 Å². The average molecular weight is 381 g/mol. The predicted molar refractivity (Wildman–Crippen MR) is 99.3 cm³/mol. The smallest absolute Gasteiger partial charge is 0.266 e. The first-order valence-corrected chi connectivity index (χ1v) is 10.5. The molecule has 7 heteroatoms. The number of amides is 1. The second kappa shape index (κ2) is 7.30. The van der Waals surface area contributed by atoms with E-state index < -0.39 is 15.9 Å². The number of rotatable bonds is 4. The van der Waals surface area contributed by atoms with Gasteiger partial charge in [0.2, 0.25) is 10.0 Å². The molecule has 0 unspecified atom stereocenters. The lowest BCUT2D eigenvalue weighted by Crippen LogP contribution is -2.35. The molecule has 0 radical (unpaired) electrons. The largest absolute Gasteiger partial charge is 0.268 e. The minimum Gasteiger partial charge on any atom is -0.268 e. The summed E-state index contributed by atoms with van der Waals surface area (Å²) < 4.78 is 27.0. The van der Waals surface area contributed by atoms with Gasteiger partial charge >= 0.3 is 0 Å². The maximum absolute atomic E-state index is 12.6. The monoisotopic (exact) mass is 380 g/mol. The van der Waals surface area contributed by atoms with Gasteiger partial charge in [-0.2, -0.15) is 0 Å². The number of carbonyl (C=O) groups is 1. The molecule has 0 spiro atoms. The summed E-state index contributed by atoms with van der Waals surface area (Å²) in [6.07, 6.45) is 5.05. The van der Waals surface area contributed by atoms with Gasteiger partial charge in [-0.15, -0.1) is 0 Å². The quantitative estimate of drug-likeness (QED) is 0.874. The molecular weight excluding hydrogens is 360 g/mol. The SMILES string of the molecule is Cc1ccc2c(C(=O)NS(=O)(=O)CC3CCCCC3)c(Cl)ccc2n1. The molecule has 1 aliphatic rings. The zero-order valence-electron chi connectivity index (χ0n) is 14.1. The van der Waals surface area contributed by atoms with Crippen LogP contribution in [0.1, 0.15) is 48.2 Å². The van der Waals surface area contributed by atoms with Gasteiger partial charge in [-0.25, -0.2) is 13.1 Å². The van der Waals surface area contributed by atoms with Crippen molar-refractivity contribution in [2.24, 2.45) is 5.92 Å². The molecule has 5 nitrogen and oxygen atoms in total. The van der Waals surface area contributed by atoms with Gasteiger partial charge in [-0.05, 0) is 43.9 Å². The third-order valence-electron chi connectivity index (χ3n) is 4.61. The molecule has 1 fully saturated rings. The third-order valence-corrected chi connectivity index (χ3v) is 6.34. The molecule has 134 valence electrons. The lowest BCUT2D eigenvalue weighted by Gasteiger charge is -2.21. The van der Waals surface area contributed by atoms with Gasteiger partial charge in [-0.3, -0.25) is 9.78 Å². The van der Waals surface area contributed by atoms with Crippen LogP contribution in [0.15, 0.2) is 24.3 Å². The number of fused-ring (bicyclic) bond motifs is 1. The highest BCUT2D eigenvalue weighted by Gasteiger charge is 2.25. The molecule has 1 heterocycles. The highest BCUT2D eigenvalue weighted by molar-refractivity contribution is 7.90. The van der Waals surface area contributed by atoms with Crippen LogP contribution >= 0.6 is 11.6 Å². The van der Waals surface area contributed by atoms with Crippen molar-refractivity contribution < 1.29 is 13.2 Å². The average Bonchev–Trinajstić information content (AvgIpc) is 2.54. The summed E-state index contributed by atoms with van der Waals surface area (Å²) >= 11 is 6.18. The van der Waals surface area contributed by atoms with Crippen molar-refractivity contribution in [3.8, 4) is 0 Å². The number of nitrogens with zero attached hydrogens (tertiary/aromatic N) is 1. The number of sulfonamides is 1. The van der Waals surface area contributed by atoms with Crippen LogP contribution in [0.3, 0.4) is 0 Å². The zero-order chi connectivity index (χ0) is 18.0. The Hall–Kier alpha value is -1.66. The van der Waals surface area contributed by atoms with E-state index in [9.17, 15) is 13.2 Å². The van der Waals surface area contributed by atoms with Crippen LogP contribution in [-0.4, -0.2) is 25.1 Å². The lowest BCUT2D eigenvalue weighted by molar-refractivity contribution is 0.0983. The van der Waals surface area contributed by atoms with Crippen LogP contribution in [0, 0.1) is 12.8 Å². The Morgan fingerprint density at radius 1 is 1.20 bits per heavy atom. The topological polar surface area (TPSA) is 76.1 Å². The van der Waals surface area contributed by atoms with Crippen LogP contribution in [0.4, 0.5) is 0 Å². The van der Waals surface area contributed by atoms with E-state index in [0.717, 1.165) is 37.8 Å². The molecule has 1 N–H and O–H groups in total. The summed E-state index contributed by atoms with van der Waals surface area (Å²) in [4.78, 5) is 17.0. The van der Waals surface area contributed by atoms with E-state index in [1.807, 2.05) is 6.92 Å². The first-order chi connectivity index (χ1) is 11.9. The Kier molecular flexibility index (Phi) is 5.29. The molecule has 1 aliphatic carbocycles. The highest BCUT2D eigenvalue weighted by atomic mass is 35.5. The standard InChI is InChI=1S/C18H21ClN2O3S/c1-12-7-8-14-16(20-12)10-9-15(19)17(14)18(22)21-25(23,24)11-13-5-3-2-4-6-13/h7-10,13H,2-6,11H2,1H3,(H,21,22). The van der Waals surface area contributed by atoms with Crippen molar-refractivity contribution >= 4 is 38.4 Å². The number of benzene rings is 1. The number of halogens is 1. The summed E-state index contributed by atoms with van der Waals surface area (Å²) in [5.74, 6) is -0.596. The highest BCUT2D eigenvalue weighted by Crippen LogP contribution is 2.27. The van der Waals surface area contributed by atoms with Crippen LogP contribution in [0.2, 0.25) is 5.02 Å². The maximum Gasteiger partial charge on any atom is 0.266 e. The van der Waals surface area contributed by atoms with Crippen molar-refractivity contribution in [2.45, 2.75) is 39.0 Å². The first kappa shape index (κ1) is 18.1. The van der Waals surface area contributed by atoms with Crippen molar-refractivity contribution in [3.63, 3.8) is 0 Å². The van der Waals surface area contributed by atoms with E-state index >= 15 is 0 Å². The number of nitrogens with one attached hydrogen (secondary N) is 1. The fourth-order valence-corrected chi connectivity index (χ4v) is 5.08. The Morgan fingerprint density at radius 2 is 1.92 bits per heavy atom. The molecule has 2 aromatic rings. The van der Waals surface area contributed by atoms with E-state index in [0.29, 0.717) is 10.9 Å². The Balaban J connectivity index is 1.85. The summed E-state index contributed by atoms with van der Waals surface area (Å²) in [7, 11) is -3.70.